The number of nitrogens with zero attached hydrogens (tertiary/aromatic N) is 1. The zero-order valence-electron chi connectivity index (χ0n) is 40.8. The average Bonchev–Trinajstić information content (AvgIpc) is 4.01. The summed E-state index contributed by atoms with van der Waals surface area (Å²) in [4.78, 5) is 87.0. The number of hydrogen-bond acceptors (Lipinski definition) is 12. The van der Waals surface area contributed by atoms with Gasteiger partial charge in [0.25, 0.3) is 0 Å². The van der Waals surface area contributed by atoms with Gasteiger partial charge >= 0.3 is 17.9 Å². The monoisotopic (exact) mass is 925 g/mol. The SMILES string of the molecule is C=C1CC(N(C)C)C2C(=C)C(=O)NC2C2C(C)C(=O)CC12.C=C1CC(OC(=O)CCC)C2C(=C)C(=O)OC2C2C(C)C(=O)CC12.C=C1CC(OC(C)C)C2C(=C)C(=O)OC2C2C(C)C(=O)CC12. The molecular formula is C54H72N2O11. The fourth-order valence-electron chi connectivity index (χ4n) is 13.5. The first-order valence-electron chi connectivity index (χ1n) is 24.4. The van der Waals surface area contributed by atoms with Crippen molar-refractivity contribution in [2.45, 2.75) is 136 Å². The summed E-state index contributed by atoms with van der Waals surface area (Å²) in [6.07, 6.45) is 3.14. The summed E-state index contributed by atoms with van der Waals surface area (Å²) in [5.74, 6) is -0.825. The van der Waals surface area contributed by atoms with Crippen molar-refractivity contribution in [2.75, 3.05) is 14.1 Å². The minimum Gasteiger partial charge on any atom is -0.461 e. The molecule has 6 aliphatic carbocycles. The van der Waals surface area contributed by atoms with Gasteiger partial charge in [0.15, 0.2) is 0 Å². The number of nitrogens with one attached hydrogen (secondary N) is 1. The number of amides is 1. The van der Waals surface area contributed by atoms with E-state index in [1.165, 1.54) is 0 Å². The Hall–Kier alpha value is -4.75. The van der Waals surface area contributed by atoms with Crippen LogP contribution >= 0.6 is 0 Å². The third-order valence-corrected chi connectivity index (χ3v) is 17.0. The molecular weight excluding hydrogens is 853 g/mol. The summed E-state index contributed by atoms with van der Waals surface area (Å²) in [6.45, 7) is 36.2. The molecule has 18 atom stereocenters. The third kappa shape index (κ3) is 9.04. The van der Waals surface area contributed by atoms with E-state index < -0.39 is 24.1 Å². The second kappa shape index (κ2) is 19.3. The summed E-state index contributed by atoms with van der Waals surface area (Å²) in [5, 5.41) is 3.11. The molecule has 9 aliphatic rings. The van der Waals surface area contributed by atoms with Gasteiger partial charge in [0.1, 0.15) is 35.7 Å². The van der Waals surface area contributed by atoms with Crippen molar-refractivity contribution in [1.29, 1.82) is 0 Å². The van der Waals surface area contributed by atoms with Gasteiger partial charge < -0.3 is 29.2 Å². The van der Waals surface area contributed by atoms with Crippen molar-refractivity contribution in [1.82, 2.24) is 10.2 Å². The quantitative estimate of drug-likeness (QED) is 0.130. The molecule has 0 spiro atoms. The molecule has 18 unspecified atom stereocenters. The Labute approximate surface area is 396 Å². The van der Waals surface area contributed by atoms with Crippen molar-refractivity contribution in [3.05, 3.63) is 72.9 Å². The summed E-state index contributed by atoms with van der Waals surface area (Å²) < 4.78 is 23.0. The van der Waals surface area contributed by atoms with Crippen LogP contribution in [0.1, 0.15) is 92.9 Å². The van der Waals surface area contributed by atoms with E-state index in [2.05, 4.69) is 49.7 Å². The number of rotatable bonds is 6. The van der Waals surface area contributed by atoms with E-state index in [0.29, 0.717) is 67.4 Å². The van der Waals surface area contributed by atoms with Gasteiger partial charge in [-0.3, -0.25) is 24.0 Å². The Bertz CT molecular complexity index is 2190. The molecule has 364 valence electrons. The van der Waals surface area contributed by atoms with Gasteiger partial charge in [0.2, 0.25) is 5.91 Å². The molecule has 0 radical (unpaired) electrons. The van der Waals surface area contributed by atoms with Crippen molar-refractivity contribution < 1.29 is 52.5 Å². The first-order chi connectivity index (χ1) is 31.5. The lowest BCUT2D eigenvalue weighted by Crippen LogP contribution is -2.45. The van der Waals surface area contributed by atoms with Crippen LogP contribution in [0.5, 0.6) is 0 Å². The van der Waals surface area contributed by atoms with Crippen LogP contribution in [0.25, 0.3) is 0 Å². The number of carbonyl (C=O) groups is 7. The second-order valence-corrected chi connectivity index (χ2v) is 21.4. The average molecular weight is 925 g/mol. The number of Topliss-reactive ketones (excluding diaryl/α,β-unsaturated/α-hetero) is 3. The van der Waals surface area contributed by atoms with Crippen LogP contribution in [0.2, 0.25) is 0 Å². The van der Waals surface area contributed by atoms with Crippen molar-refractivity contribution in [2.24, 2.45) is 71.0 Å². The first kappa shape index (κ1) is 50.1. The fourth-order valence-corrected chi connectivity index (χ4v) is 13.5. The Kier molecular flexibility index (Phi) is 14.5. The molecule has 9 rings (SSSR count). The summed E-state index contributed by atoms with van der Waals surface area (Å²) in [5.41, 5.74) is 4.60. The van der Waals surface area contributed by atoms with Gasteiger partial charge in [0, 0.05) is 96.4 Å². The van der Waals surface area contributed by atoms with Gasteiger partial charge in [-0.1, -0.05) is 83.9 Å². The molecule has 1 N–H and O–H groups in total. The van der Waals surface area contributed by atoms with E-state index in [0.717, 1.165) is 23.1 Å². The van der Waals surface area contributed by atoms with Crippen molar-refractivity contribution in [3.8, 4) is 0 Å². The van der Waals surface area contributed by atoms with Crippen LogP contribution in [0.15, 0.2) is 72.9 Å². The molecule has 0 aromatic heterocycles. The molecule has 13 nitrogen and oxygen atoms in total. The first-order valence-corrected chi connectivity index (χ1v) is 24.4. The second-order valence-electron chi connectivity index (χ2n) is 21.4. The minimum absolute atomic E-state index is 0.00800. The Morgan fingerprint density at radius 2 is 1.07 bits per heavy atom. The lowest BCUT2D eigenvalue weighted by molar-refractivity contribution is -0.153. The van der Waals surface area contributed by atoms with Gasteiger partial charge in [-0.25, -0.2) is 9.59 Å². The number of ketones is 3. The highest BCUT2D eigenvalue weighted by Crippen LogP contribution is 2.54. The largest absolute Gasteiger partial charge is 0.461 e. The van der Waals surface area contributed by atoms with Crippen molar-refractivity contribution in [3.63, 3.8) is 0 Å². The van der Waals surface area contributed by atoms with E-state index in [1.54, 1.807) is 0 Å². The Balaban J connectivity index is 0.000000149. The molecule has 1 amide bonds. The van der Waals surface area contributed by atoms with Crippen LogP contribution in [-0.4, -0.2) is 103 Å². The van der Waals surface area contributed by atoms with E-state index in [1.807, 2.05) is 55.6 Å². The zero-order valence-corrected chi connectivity index (χ0v) is 40.8. The standard InChI is InChI=1S/C19H24O5.C18H24O4.C17H24N2O2/c1-5-6-15(21)23-14-7-9(2)12-8-13(20)10(3)16(12)18-17(14)11(4)19(22)24-18;1-8(2)21-14-6-9(3)12-7-13(19)10(4)15(12)17-16(14)11(5)18(20)22-17;1-8-6-12(19(4)5)15-10(3)17(21)18-16(15)14-9(2)13(20)7-11(8)14/h10,12,14,16-18H,2,4-8H2,1,3H3;8,10,12,14-17H,3,5-7H2,1-2,4H3;9,11-12,14-16H,1,3,6-7H2,2,4-5H3,(H,18,21). The van der Waals surface area contributed by atoms with Gasteiger partial charge in [-0.15, -0.1) is 0 Å². The normalized spacial score (nSPS) is 40.8. The van der Waals surface area contributed by atoms with E-state index in [9.17, 15) is 33.6 Å². The summed E-state index contributed by atoms with van der Waals surface area (Å²) in [6, 6.07) is 0.241. The maximum atomic E-state index is 12.2. The minimum atomic E-state index is -0.492. The molecule has 0 aromatic carbocycles. The fraction of sp³-hybridized carbons (Fsp3) is 0.648. The lowest BCUT2D eigenvalue weighted by atomic mass is 9.77. The third-order valence-electron chi connectivity index (χ3n) is 17.0. The van der Waals surface area contributed by atoms with E-state index >= 15 is 0 Å². The molecule has 9 fully saturated rings. The number of ether oxygens (including phenoxy) is 4. The molecule has 3 heterocycles. The van der Waals surface area contributed by atoms with Crippen LogP contribution in [-0.2, 0) is 52.5 Å². The van der Waals surface area contributed by atoms with E-state index in [-0.39, 0.29) is 125 Å². The predicted molar refractivity (Wildman–Crippen MR) is 250 cm³/mol. The molecule has 13 heteroatoms. The molecule has 67 heavy (non-hydrogen) atoms. The lowest BCUT2D eigenvalue weighted by Gasteiger charge is -2.33. The maximum absolute atomic E-state index is 12.2. The van der Waals surface area contributed by atoms with Crippen LogP contribution in [0.4, 0.5) is 0 Å². The summed E-state index contributed by atoms with van der Waals surface area (Å²) in [7, 11) is 4.08. The highest BCUT2D eigenvalue weighted by atomic mass is 16.6. The Morgan fingerprint density at radius 1 is 0.642 bits per heavy atom. The van der Waals surface area contributed by atoms with Crippen LogP contribution < -0.4 is 5.32 Å². The topological polar surface area (TPSA) is 172 Å². The maximum Gasteiger partial charge on any atom is 0.334 e. The van der Waals surface area contributed by atoms with Crippen molar-refractivity contribution >= 4 is 41.2 Å². The van der Waals surface area contributed by atoms with Gasteiger partial charge in [-0.05, 0) is 70.9 Å². The molecule has 3 aliphatic heterocycles. The van der Waals surface area contributed by atoms with E-state index in [4.69, 9.17) is 18.9 Å². The van der Waals surface area contributed by atoms with Gasteiger partial charge in [0.05, 0.1) is 24.0 Å². The van der Waals surface area contributed by atoms with Crippen LogP contribution in [0.3, 0.4) is 0 Å². The van der Waals surface area contributed by atoms with Gasteiger partial charge in [-0.2, -0.15) is 0 Å². The predicted octanol–water partition coefficient (Wildman–Crippen LogP) is 6.66. The zero-order chi connectivity index (χ0) is 49.2. The Morgan fingerprint density at radius 3 is 1.54 bits per heavy atom. The highest BCUT2D eigenvalue weighted by molar-refractivity contribution is 5.97. The molecule has 3 saturated heterocycles. The molecule has 0 bridgehead atoms. The number of hydrogen-bond donors (Lipinski definition) is 1. The number of fused-ring (bicyclic) bond motifs is 9. The highest BCUT2D eigenvalue weighted by Gasteiger charge is 2.60. The number of esters is 3. The molecule has 6 saturated carbocycles. The number of carbonyl (C=O) groups excluding carboxylic acids is 7. The molecule has 0 aromatic rings. The summed E-state index contributed by atoms with van der Waals surface area (Å²) >= 11 is 0. The smallest absolute Gasteiger partial charge is 0.334 e. The van der Waals surface area contributed by atoms with Crippen LogP contribution in [0, 0.1) is 71.0 Å².